The van der Waals surface area contributed by atoms with Crippen molar-refractivity contribution >= 4 is 16.4 Å². The van der Waals surface area contributed by atoms with E-state index < -0.39 is 29.2 Å². The maximum Gasteiger partial charge on any atom is 0.466 e. The molecule has 1 heterocycles. The molecule has 1 aliphatic rings. The van der Waals surface area contributed by atoms with Crippen LogP contribution in [0.2, 0.25) is 0 Å². The zero-order valence-electron chi connectivity index (χ0n) is 9.20. The van der Waals surface area contributed by atoms with E-state index in [4.69, 9.17) is 28.3 Å². The van der Waals surface area contributed by atoms with Gasteiger partial charge in [0.15, 0.2) is 6.61 Å². The summed E-state index contributed by atoms with van der Waals surface area (Å²) in [6.45, 7) is 0.852. The minimum atomic E-state index is -4.64. The zero-order chi connectivity index (χ0) is 14.4. The van der Waals surface area contributed by atoms with Gasteiger partial charge in [0.25, 0.3) is 0 Å². The SMILES string of the molecule is CC1CCOP(OCC(F)(F)F)O1.O=P(O)(O)O. The van der Waals surface area contributed by atoms with E-state index in [0.29, 0.717) is 13.0 Å². The van der Waals surface area contributed by atoms with Crippen molar-refractivity contribution in [1.29, 1.82) is 0 Å². The molecule has 0 bridgehead atoms. The molecule has 0 aromatic heterocycles. The van der Waals surface area contributed by atoms with Gasteiger partial charge in [0.2, 0.25) is 0 Å². The Hall–Kier alpha value is 0.210. The van der Waals surface area contributed by atoms with E-state index in [1.807, 2.05) is 0 Å². The number of halogens is 3. The van der Waals surface area contributed by atoms with Crippen LogP contribution in [-0.4, -0.2) is 40.2 Å². The summed E-state index contributed by atoms with van der Waals surface area (Å²) in [5.74, 6) is 0. The summed E-state index contributed by atoms with van der Waals surface area (Å²) in [6, 6.07) is 0. The first kappa shape index (κ1) is 18.2. The highest BCUT2D eigenvalue weighted by Gasteiger charge is 2.32. The highest BCUT2D eigenvalue weighted by molar-refractivity contribution is 7.45. The van der Waals surface area contributed by atoms with Gasteiger partial charge < -0.3 is 28.3 Å². The third-order valence-electron chi connectivity index (χ3n) is 1.32. The molecule has 3 N–H and O–H groups in total. The Morgan fingerprint density at radius 2 is 1.94 bits per heavy atom. The third-order valence-corrected chi connectivity index (χ3v) is 2.59. The molecule has 2 atom stereocenters. The van der Waals surface area contributed by atoms with Gasteiger partial charge in [-0.25, -0.2) is 4.57 Å². The van der Waals surface area contributed by atoms with E-state index >= 15 is 0 Å². The molecule has 1 saturated heterocycles. The van der Waals surface area contributed by atoms with Crippen molar-refractivity contribution in [1.82, 2.24) is 0 Å². The quantitative estimate of drug-likeness (QED) is 0.666. The Bertz CT molecular complexity index is 273. The molecule has 0 aromatic carbocycles. The summed E-state index contributed by atoms with van der Waals surface area (Å²) < 4.78 is 58.2. The molecular weight excluding hydrogens is 303 g/mol. The molecule has 7 nitrogen and oxygen atoms in total. The van der Waals surface area contributed by atoms with E-state index in [1.54, 1.807) is 6.92 Å². The third kappa shape index (κ3) is 14.3. The molecule has 12 heteroatoms. The van der Waals surface area contributed by atoms with Crippen molar-refractivity contribution < 1.29 is 46.0 Å². The van der Waals surface area contributed by atoms with Crippen LogP contribution in [0.3, 0.4) is 0 Å². The minimum Gasteiger partial charge on any atom is -0.312 e. The average Bonchev–Trinajstić information content (AvgIpc) is 2.11. The van der Waals surface area contributed by atoms with Gasteiger partial charge in [0, 0.05) is 0 Å². The lowest BCUT2D eigenvalue weighted by Gasteiger charge is -2.25. The Balaban J connectivity index is 0.000000494. The molecule has 1 rings (SSSR count). The van der Waals surface area contributed by atoms with Crippen molar-refractivity contribution in [2.75, 3.05) is 13.2 Å². The maximum atomic E-state index is 11.7. The van der Waals surface area contributed by atoms with Gasteiger partial charge in [-0.2, -0.15) is 13.2 Å². The van der Waals surface area contributed by atoms with Crippen molar-refractivity contribution in [3.8, 4) is 0 Å². The van der Waals surface area contributed by atoms with Crippen LogP contribution in [0.15, 0.2) is 0 Å². The fourth-order valence-electron chi connectivity index (χ4n) is 0.717. The van der Waals surface area contributed by atoms with Crippen LogP contribution < -0.4 is 0 Å². The predicted octanol–water partition coefficient (Wildman–Crippen LogP) is 1.69. The molecule has 1 aliphatic heterocycles. The smallest absolute Gasteiger partial charge is 0.312 e. The first-order chi connectivity index (χ1) is 7.97. The zero-order valence-corrected chi connectivity index (χ0v) is 11.0. The minimum absolute atomic E-state index is 0.0897. The number of alkyl halides is 3. The summed E-state index contributed by atoms with van der Waals surface area (Å²) in [5, 5.41) is 0. The van der Waals surface area contributed by atoms with E-state index in [2.05, 4.69) is 4.52 Å². The van der Waals surface area contributed by atoms with Crippen LogP contribution in [-0.2, 0) is 18.1 Å². The second-order valence-electron chi connectivity index (χ2n) is 3.16. The van der Waals surface area contributed by atoms with Gasteiger partial charge >= 0.3 is 22.6 Å². The van der Waals surface area contributed by atoms with E-state index in [9.17, 15) is 13.2 Å². The summed E-state index contributed by atoms with van der Waals surface area (Å²) in [7, 11) is -6.43. The first-order valence-electron chi connectivity index (χ1n) is 4.55. The monoisotopic (exact) mass is 316 g/mol. The molecule has 0 spiro atoms. The number of hydrogen-bond donors (Lipinski definition) is 3. The largest absolute Gasteiger partial charge is 0.466 e. The van der Waals surface area contributed by atoms with Crippen LogP contribution in [0, 0.1) is 0 Å². The lowest BCUT2D eigenvalue weighted by molar-refractivity contribution is -0.157. The van der Waals surface area contributed by atoms with Crippen molar-refractivity contribution in [2.45, 2.75) is 25.6 Å². The van der Waals surface area contributed by atoms with Gasteiger partial charge in [-0.3, -0.25) is 0 Å². The molecule has 0 aromatic rings. The summed E-state index contributed by atoms with van der Waals surface area (Å²) >= 11 is 0. The molecule has 0 saturated carbocycles. The molecule has 0 aliphatic carbocycles. The Kier molecular flexibility index (Phi) is 7.81. The summed E-state index contributed by atoms with van der Waals surface area (Å²) in [6.07, 6.45) is -3.72. The summed E-state index contributed by atoms with van der Waals surface area (Å²) in [5.41, 5.74) is 0. The lowest BCUT2D eigenvalue weighted by Crippen LogP contribution is -2.20. The molecule has 0 amide bonds. The van der Waals surface area contributed by atoms with E-state index in [0.717, 1.165) is 0 Å². The van der Waals surface area contributed by atoms with Crippen molar-refractivity contribution in [3.63, 3.8) is 0 Å². The second-order valence-corrected chi connectivity index (χ2v) is 5.36. The molecule has 18 heavy (non-hydrogen) atoms. The van der Waals surface area contributed by atoms with Gasteiger partial charge in [0.1, 0.15) is 0 Å². The van der Waals surface area contributed by atoms with Crippen LogP contribution in [0.5, 0.6) is 0 Å². The topological polar surface area (TPSA) is 105 Å². The van der Waals surface area contributed by atoms with Gasteiger partial charge in [-0.05, 0) is 13.3 Å². The predicted molar refractivity (Wildman–Crippen MR) is 54.3 cm³/mol. The maximum absolute atomic E-state index is 11.7. The normalized spacial score (nSPS) is 25.3. The van der Waals surface area contributed by atoms with Crippen LogP contribution in [0.25, 0.3) is 0 Å². The molecule has 0 radical (unpaired) electrons. The highest BCUT2D eigenvalue weighted by Crippen LogP contribution is 2.45. The fraction of sp³-hybridized carbons (Fsp3) is 1.00. The Morgan fingerprint density at radius 1 is 1.44 bits per heavy atom. The van der Waals surface area contributed by atoms with Gasteiger partial charge in [-0.15, -0.1) is 0 Å². The molecule has 2 unspecified atom stereocenters. The fourth-order valence-corrected chi connectivity index (χ4v) is 1.82. The van der Waals surface area contributed by atoms with Gasteiger partial charge in [-0.1, -0.05) is 0 Å². The number of rotatable bonds is 2. The Morgan fingerprint density at radius 3 is 2.33 bits per heavy atom. The van der Waals surface area contributed by atoms with E-state index in [1.165, 1.54) is 0 Å². The number of hydrogen-bond acceptors (Lipinski definition) is 4. The summed E-state index contributed by atoms with van der Waals surface area (Å²) in [4.78, 5) is 21.6. The van der Waals surface area contributed by atoms with Crippen molar-refractivity contribution in [2.24, 2.45) is 0 Å². The first-order valence-corrected chi connectivity index (χ1v) is 7.21. The molecule has 1 fully saturated rings. The van der Waals surface area contributed by atoms with Gasteiger partial charge in [0.05, 0.1) is 12.7 Å². The highest BCUT2D eigenvalue weighted by atomic mass is 31.2. The number of phosphoric acid groups is 1. The average molecular weight is 316 g/mol. The molecular formula is C6H13F3O7P2. The lowest BCUT2D eigenvalue weighted by atomic mass is 10.3. The standard InChI is InChI=1S/C6H10F3O3P.H3O4P/c1-5-2-3-10-13(12-5)11-4-6(7,8)9;1-5(2,3)4/h5H,2-4H2,1H3;(H3,1,2,3,4). The van der Waals surface area contributed by atoms with Crippen LogP contribution >= 0.6 is 16.4 Å². The Labute approximate surface area is 102 Å². The van der Waals surface area contributed by atoms with E-state index in [-0.39, 0.29) is 6.10 Å². The van der Waals surface area contributed by atoms with Crippen LogP contribution in [0.1, 0.15) is 13.3 Å². The second kappa shape index (κ2) is 7.72. The van der Waals surface area contributed by atoms with Crippen molar-refractivity contribution in [3.05, 3.63) is 0 Å². The molecule has 110 valence electrons. The van der Waals surface area contributed by atoms with Crippen LogP contribution in [0.4, 0.5) is 13.2 Å².